The second kappa shape index (κ2) is 7.32. The molecule has 1 amide bonds. The number of thioether (sulfide) groups is 1. The first kappa shape index (κ1) is 16.3. The van der Waals surface area contributed by atoms with Crippen LogP contribution in [0.2, 0.25) is 0 Å². The summed E-state index contributed by atoms with van der Waals surface area (Å²) in [6.07, 6.45) is 2.77. The van der Waals surface area contributed by atoms with Crippen LogP contribution in [-0.4, -0.2) is 28.7 Å². The lowest BCUT2D eigenvalue weighted by atomic mass is 10.3. The zero-order valence-corrected chi connectivity index (χ0v) is 14.0. The maximum atomic E-state index is 12.2. The quantitative estimate of drug-likeness (QED) is 0.842. The van der Waals surface area contributed by atoms with Crippen molar-refractivity contribution >= 4 is 23.4 Å². The zero-order valence-electron chi connectivity index (χ0n) is 13.2. The van der Waals surface area contributed by atoms with Gasteiger partial charge in [0.15, 0.2) is 5.69 Å². The van der Waals surface area contributed by atoms with Crippen LogP contribution in [0.25, 0.3) is 0 Å². The van der Waals surface area contributed by atoms with Crippen LogP contribution in [0.1, 0.15) is 23.5 Å². The maximum absolute atomic E-state index is 12.2. The molecular formula is C17H16N4O2S. The van der Waals surface area contributed by atoms with Gasteiger partial charge in [-0.1, -0.05) is 23.9 Å². The van der Waals surface area contributed by atoms with Crippen LogP contribution in [0.4, 0.5) is 5.69 Å². The highest BCUT2D eigenvalue weighted by Crippen LogP contribution is 2.26. The molecule has 0 aliphatic heterocycles. The fraction of sp³-hybridized carbons (Fsp3) is 0.294. The van der Waals surface area contributed by atoms with Gasteiger partial charge in [-0.05, 0) is 31.4 Å². The molecule has 1 aromatic heterocycles. The number of rotatable bonds is 5. The molecule has 1 aromatic carbocycles. The Morgan fingerprint density at radius 1 is 1.33 bits per heavy atom. The van der Waals surface area contributed by atoms with E-state index in [-0.39, 0.29) is 11.7 Å². The number of aromatic nitrogens is 2. The molecule has 1 aliphatic carbocycles. The van der Waals surface area contributed by atoms with Crippen molar-refractivity contribution in [2.24, 2.45) is 0 Å². The molecule has 0 fully saturated rings. The normalized spacial score (nSPS) is 12.3. The van der Waals surface area contributed by atoms with Gasteiger partial charge in [-0.2, -0.15) is 5.26 Å². The molecule has 6 nitrogen and oxygen atoms in total. The molecule has 0 radical (unpaired) electrons. The largest absolute Gasteiger partial charge is 0.495 e. The molecule has 1 N–H and O–H groups in total. The Balaban J connectivity index is 1.68. The average Bonchev–Trinajstić information content (AvgIpc) is 3.06. The van der Waals surface area contributed by atoms with E-state index in [1.165, 1.54) is 11.8 Å². The Hall–Kier alpha value is -2.59. The van der Waals surface area contributed by atoms with E-state index in [1.54, 1.807) is 19.2 Å². The van der Waals surface area contributed by atoms with Crippen molar-refractivity contribution in [3.05, 3.63) is 41.3 Å². The van der Waals surface area contributed by atoms with Gasteiger partial charge in [0.2, 0.25) is 5.91 Å². The molecule has 7 heteroatoms. The average molecular weight is 340 g/mol. The van der Waals surface area contributed by atoms with E-state index in [4.69, 9.17) is 4.74 Å². The van der Waals surface area contributed by atoms with Crippen LogP contribution in [0.5, 0.6) is 5.75 Å². The number of nitriles is 1. The van der Waals surface area contributed by atoms with E-state index in [2.05, 4.69) is 21.4 Å². The Morgan fingerprint density at radius 2 is 2.08 bits per heavy atom. The van der Waals surface area contributed by atoms with Gasteiger partial charge in [-0.3, -0.25) is 4.79 Å². The number of nitrogens with zero attached hydrogens (tertiary/aromatic N) is 3. The molecule has 24 heavy (non-hydrogen) atoms. The van der Waals surface area contributed by atoms with E-state index >= 15 is 0 Å². The summed E-state index contributed by atoms with van der Waals surface area (Å²) in [5.74, 6) is 0.571. The van der Waals surface area contributed by atoms with Crippen molar-refractivity contribution in [2.45, 2.75) is 24.3 Å². The molecule has 2 aromatic rings. The molecule has 3 rings (SSSR count). The predicted octanol–water partition coefficient (Wildman–Crippen LogP) is 2.58. The first-order chi connectivity index (χ1) is 11.7. The lowest BCUT2D eigenvalue weighted by Gasteiger charge is -2.10. The van der Waals surface area contributed by atoms with E-state index < -0.39 is 0 Å². The third kappa shape index (κ3) is 3.49. The van der Waals surface area contributed by atoms with Gasteiger partial charge in [-0.15, -0.1) is 0 Å². The molecule has 0 unspecified atom stereocenters. The number of methoxy groups -OCH3 is 1. The molecule has 0 saturated carbocycles. The van der Waals surface area contributed by atoms with Crippen molar-refractivity contribution in [1.82, 2.24) is 9.97 Å². The lowest BCUT2D eigenvalue weighted by Crippen LogP contribution is -2.15. The number of benzene rings is 1. The zero-order chi connectivity index (χ0) is 16.9. The van der Waals surface area contributed by atoms with Crippen LogP contribution in [0, 0.1) is 11.3 Å². The number of anilines is 1. The number of carbonyl (C=O) groups is 1. The highest BCUT2D eigenvalue weighted by atomic mass is 32.2. The molecular weight excluding hydrogens is 324 g/mol. The van der Waals surface area contributed by atoms with Crippen molar-refractivity contribution < 1.29 is 9.53 Å². The molecule has 1 aliphatic rings. The first-order valence-electron chi connectivity index (χ1n) is 7.57. The van der Waals surface area contributed by atoms with E-state index in [0.717, 1.165) is 30.7 Å². The number of hydrogen-bond acceptors (Lipinski definition) is 6. The van der Waals surface area contributed by atoms with Gasteiger partial charge in [0, 0.05) is 0 Å². The monoisotopic (exact) mass is 340 g/mol. The molecule has 0 saturated heterocycles. The van der Waals surface area contributed by atoms with Gasteiger partial charge in [0.25, 0.3) is 0 Å². The summed E-state index contributed by atoms with van der Waals surface area (Å²) in [5, 5.41) is 12.6. The number of aryl methyl sites for hydroxylation is 2. The molecule has 1 heterocycles. The van der Waals surface area contributed by atoms with Crippen LogP contribution >= 0.6 is 11.8 Å². The lowest BCUT2D eigenvalue weighted by molar-refractivity contribution is -0.113. The fourth-order valence-corrected chi connectivity index (χ4v) is 3.30. The predicted molar refractivity (Wildman–Crippen MR) is 91.1 cm³/mol. The van der Waals surface area contributed by atoms with Crippen molar-refractivity contribution in [3.63, 3.8) is 0 Å². The summed E-state index contributed by atoms with van der Waals surface area (Å²) in [6, 6.07) is 9.29. The first-order valence-corrected chi connectivity index (χ1v) is 8.55. The van der Waals surface area contributed by atoms with Crippen molar-refractivity contribution in [2.75, 3.05) is 18.2 Å². The van der Waals surface area contributed by atoms with Crippen LogP contribution < -0.4 is 10.1 Å². The van der Waals surface area contributed by atoms with Gasteiger partial charge in [-0.25, -0.2) is 9.97 Å². The van der Waals surface area contributed by atoms with Gasteiger partial charge >= 0.3 is 0 Å². The van der Waals surface area contributed by atoms with Crippen molar-refractivity contribution in [3.8, 4) is 11.8 Å². The second-order valence-corrected chi connectivity index (χ2v) is 6.24. The number of fused-ring (bicyclic) bond motifs is 1. The minimum Gasteiger partial charge on any atom is -0.495 e. The number of hydrogen-bond donors (Lipinski definition) is 1. The molecule has 122 valence electrons. The third-order valence-corrected chi connectivity index (χ3v) is 4.64. The number of nitrogens with one attached hydrogen (secondary N) is 1. The van der Waals surface area contributed by atoms with Crippen molar-refractivity contribution in [1.29, 1.82) is 5.26 Å². The van der Waals surface area contributed by atoms with Crippen LogP contribution in [-0.2, 0) is 17.6 Å². The minimum absolute atomic E-state index is 0.153. The number of para-hydroxylation sites is 2. The fourth-order valence-electron chi connectivity index (χ4n) is 2.55. The number of amides is 1. The molecule has 0 spiro atoms. The number of ether oxygens (including phenoxy) is 1. The summed E-state index contributed by atoms with van der Waals surface area (Å²) >= 11 is 1.23. The minimum atomic E-state index is -0.185. The van der Waals surface area contributed by atoms with Crippen LogP contribution in [0.15, 0.2) is 29.3 Å². The molecule has 0 atom stereocenters. The third-order valence-electron chi connectivity index (χ3n) is 3.67. The molecule has 0 bridgehead atoms. The standard InChI is InChI=1S/C17H16N4O2S/c1-23-15-8-3-2-5-13(15)20-16(22)10-24-17-14(9-18)19-11-6-4-7-12(11)21-17/h2-3,5,8H,4,6-7,10H2,1H3,(H,20,22). The Kier molecular flexibility index (Phi) is 4.96. The topological polar surface area (TPSA) is 87.9 Å². The summed E-state index contributed by atoms with van der Waals surface area (Å²) in [7, 11) is 1.55. The van der Waals surface area contributed by atoms with Crippen LogP contribution in [0.3, 0.4) is 0 Å². The smallest absolute Gasteiger partial charge is 0.234 e. The van der Waals surface area contributed by atoms with Gasteiger partial charge in [0.1, 0.15) is 16.8 Å². The van der Waals surface area contributed by atoms with E-state index in [9.17, 15) is 10.1 Å². The second-order valence-electron chi connectivity index (χ2n) is 5.27. The summed E-state index contributed by atoms with van der Waals surface area (Å²) in [4.78, 5) is 21.0. The highest BCUT2D eigenvalue weighted by Gasteiger charge is 2.19. The van der Waals surface area contributed by atoms with E-state index in [1.807, 2.05) is 12.1 Å². The summed E-state index contributed by atoms with van der Waals surface area (Å²) in [6.45, 7) is 0. The Labute approximate surface area is 144 Å². The van der Waals surface area contributed by atoms with Gasteiger partial charge in [0.05, 0.1) is 29.9 Å². The summed E-state index contributed by atoms with van der Waals surface area (Å²) in [5.41, 5.74) is 2.77. The SMILES string of the molecule is COc1ccccc1NC(=O)CSc1nc2c(nc1C#N)CCC2. The Morgan fingerprint density at radius 3 is 2.83 bits per heavy atom. The maximum Gasteiger partial charge on any atom is 0.234 e. The summed E-state index contributed by atoms with van der Waals surface area (Å²) < 4.78 is 5.21. The highest BCUT2D eigenvalue weighted by molar-refractivity contribution is 8.00. The van der Waals surface area contributed by atoms with Gasteiger partial charge < -0.3 is 10.1 Å². The Bertz CT molecular complexity index is 817. The van der Waals surface area contributed by atoms with E-state index in [0.29, 0.717) is 22.2 Å². The number of carbonyl (C=O) groups excluding carboxylic acids is 1.